The highest BCUT2D eigenvalue weighted by Crippen LogP contribution is 2.22. The first-order valence-corrected chi connectivity index (χ1v) is 6.29. The van der Waals surface area contributed by atoms with Gasteiger partial charge in [-0.15, -0.1) is 0 Å². The third-order valence-electron chi connectivity index (χ3n) is 3.25. The molecule has 0 radical (unpaired) electrons. The number of ether oxygens (including phenoxy) is 2. The van der Waals surface area contributed by atoms with Crippen molar-refractivity contribution in [3.05, 3.63) is 29.3 Å². The van der Waals surface area contributed by atoms with E-state index < -0.39 is 0 Å². The van der Waals surface area contributed by atoms with Gasteiger partial charge in [-0.2, -0.15) is 0 Å². The minimum absolute atomic E-state index is 0.533. The third-order valence-corrected chi connectivity index (χ3v) is 3.25. The lowest BCUT2D eigenvalue weighted by Gasteiger charge is -2.22. The van der Waals surface area contributed by atoms with Crippen LogP contribution in [0.15, 0.2) is 18.2 Å². The van der Waals surface area contributed by atoms with E-state index in [4.69, 9.17) is 15.2 Å². The maximum atomic E-state index is 5.89. The molecule has 0 aliphatic carbocycles. The number of aryl methyl sites for hydroxylation is 1. The highest BCUT2D eigenvalue weighted by atomic mass is 16.5. The zero-order valence-electron chi connectivity index (χ0n) is 10.4. The van der Waals surface area contributed by atoms with Gasteiger partial charge in [-0.05, 0) is 31.7 Å². The Bertz CT molecular complexity index is 359. The van der Waals surface area contributed by atoms with Gasteiger partial charge in [0.05, 0.1) is 6.61 Å². The van der Waals surface area contributed by atoms with Crippen molar-refractivity contribution in [2.75, 3.05) is 19.8 Å². The van der Waals surface area contributed by atoms with Crippen LogP contribution in [0.25, 0.3) is 0 Å². The summed E-state index contributed by atoms with van der Waals surface area (Å²) in [6.45, 7) is 5.11. The molecular formula is C14H21NO2. The molecule has 0 spiro atoms. The van der Waals surface area contributed by atoms with Crippen molar-refractivity contribution in [1.82, 2.24) is 0 Å². The molecule has 2 N–H and O–H groups in total. The van der Waals surface area contributed by atoms with Gasteiger partial charge in [-0.1, -0.05) is 17.7 Å². The van der Waals surface area contributed by atoms with Crippen molar-refractivity contribution in [2.24, 2.45) is 11.7 Å². The van der Waals surface area contributed by atoms with Crippen molar-refractivity contribution < 1.29 is 9.47 Å². The summed E-state index contributed by atoms with van der Waals surface area (Å²) in [5.74, 6) is 1.56. The van der Waals surface area contributed by atoms with Crippen LogP contribution in [0.4, 0.5) is 0 Å². The van der Waals surface area contributed by atoms with Crippen LogP contribution in [0.1, 0.15) is 24.0 Å². The van der Waals surface area contributed by atoms with E-state index in [1.165, 1.54) is 5.56 Å². The van der Waals surface area contributed by atoms with E-state index in [0.29, 0.717) is 12.5 Å². The van der Waals surface area contributed by atoms with Crippen LogP contribution in [0.2, 0.25) is 0 Å². The second kappa shape index (κ2) is 6.03. The van der Waals surface area contributed by atoms with Crippen molar-refractivity contribution in [1.29, 1.82) is 0 Å². The predicted molar refractivity (Wildman–Crippen MR) is 68.1 cm³/mol. The van der Waals surface area contributed by atoms with E-state index in [9.17, 15) is 0 Å². The summed E-state index contributed by atoms with van der Waals surface area (Å²) in [5, 5.41) is 0. The van der Waals surface area contributed by atoms with Crippen LogP contribution >= 0.6 is 0 Å². The average molecular weight is 235 g/mol. The first-order valence-electron chi connectivity index (χ1n) is 6.29. The second-order valence-electron chi connectivity index (χ2n) is 4.68. The number of hydrogen-bond acceptors (Lipinski definition) is 3. The second-order valence-corrected chi connectivity index (χ2v) is 4.68. The maximum Gasteiger partial charge on any atom is 0.123 e. The number of rotatable bonds is 4. The Morgan fingerprint density at radius 2 is 2.12 bits per heavy atom. The normalized spacial score (nSPS) is 17.1. The standard InChI is InChI=1S/C14H21NO2/c1-11-2-3-14(13(8-11)9-15)17-10-12-4-6-16-7-5-12/h2-3,8,12H,4-7,9-10,15H2,1H3. The Morgan fingerprint density at radius 3 is 2.82 bits per heavy atom. The monoisotopic (exact) mass is 235 g/mol. The lowest BCUT2D eigenvalue weighted by Crippen LogP contribution is -2.21. The van der Waals surface area contributed by atoms with E-state index in [1.54, 1.807) is 0 Å². The van der Waals surface area contributed by atoms with E-state index >= 15 is 0 Å². The molecule has 0 bridgehead atoms. The molecule has 1 heterocycles. The molecule has 94 valence electrons. The van der Waals surface area contributed by atoms with Gasteiger partial charge in [0.2, 0.25) is 0 Å². The van der Waals surface area contributed by atoms with Crippen LogP contribution in [-0.2, 0) is 11.3 Å². The lowest BCUT2D eigenvalue weighted by molar-refractivity contribution is 0.0496. The minimum Gasteiger partial charge on any atom is -0.493 e. The minimum atomic E-state index is 0.533. The molecule has 1 aliphatic heterocycles. The fourth-order valence-electron chi connectivity index (χ4n) is 2.13. The molecule has 0 saturated carbocycles. The van der Waals surface area contributed by atoms with Gasteiger partial charge in [0.15, 0.2) is 0 Å². The predicted octanol–water partition coefficient (Wildman–Crippen LogP) is 2.26. The highest BCUT2D eigenvalue weighted by Gasteiger charge is 2.15. The molecule has 1 aliphatic rings. The number of benzene rings is 1. The van der Waals surface area contributed by atoms with Crippen molar-refractivity contribution in [3.8, 4) is 5.75 Å². The quantitative estimate of drug-likeness (QED) is 0.870. The molecule has 0 atom stereocenters. The maximum absolute atomic E-state index is 5.89. The van der Waals surface area contributed by atoms with Gasteiger partial charge < -0.3 is 15.2 Å². The average Bonchev–Trinajstić information content (AvgIpc) is 2.38. The molecule has 1 aromatic carbocycles. The van der Waals surface area contributed by atoms with Crippen LogP contribution in [0, 0.1) is 12.8 Å². The molecule has 0 aromatic heterocycles. The number of hydrogen-bond donors (Lipinski definition) is 1. The van der Waals surface area contributed by atoms with Gasteiger partial charge in [0.1, 0.15) is 5.75 Å². The first kappa shape index (κ1) is 12.4. The molecule has 3 heteroatoms. The van der Waals surface area contributed by atoms with Crippen LogP contribution in [0.3, 0.4) is 0 Å². The molecular weight excluding hydrogens is 214 g/mol. The molecule has 1 aromatic rings. The van der Waals surface area contributed by atoms with Gasteiger partial charge >= 0.3 is 0 Å². The summed E-state index contributed by atoms with van der Waals surface area (Å²) in [5.41, 5.74) is 8.05. The van der Waals surface area contributed by atoms with Crippen LogP contribution < -0.4 is 10.5 Å². The summed E-state index contributed by atoms with van der Waals surface area (Å²) in [6.07, 6.45) is 2.20. The lowest BCUT2D eigenvalue weighted by atomic mass is 10.0. The van der Waals surface area contributed by atoms with Gasteiger partial charge in [0.25, 0.3) is 0 Å². The largest absolute Gasteiger partial charge is 0.493 e. The van der Waals surface area contributed by atoms with E-state index in [2.05, 4.69) is 19.1 Å². The summed E-state index contributed by atoms with van der Waals surface area (Å²) in [7, 11) is 0. The molecule has 17 heavy (non-hydrogen) atoms. The number of nitrogens with two attached hydrogens (primary N) is 1. The zero-order chi connectivity index (χ0) is 12.1. The Kier molecular flexibility index (Phi) is 4.40. The van der Waals surface area contributed by atoms with Crippen molar-refractivity contribution in [3.63, 3.8) is 0 Å². The summed E-state index contributed by atoms with van der Waals surface area (Å²) in [4.78, 5) is 0. The smallest absolute Gasteiger partial charge is 0.123 e. The van der Waals surface area contributed by atoms with Crippen molar-refractivity contribution >= 4 is 0 Å². The van der Waals surface area contributed by atoms with Crippen molar-refractivity contribution in [2.45, 2.75) is 26.3 Å². The molecule has 2 rings (SSSR count). The summed E-state index contributed by atoms with van der Waals surface area (Å²) < 4.78 is 11.2. The van der Waals surface area contributed by atoms with E-state index in [1.807, 2.05) is 6.07 Å². The third kappa shape index (κ3) is 3.45. The fraction of sp³-hybridized carbons (Fsp3) is 0.571. The highest BCUT2D eigenvalue weighted by molar-refractivity contribution is 5.36. The Hall–Kier alpha value is -1.06. The molecule has 1 fully saturated rings. The van der Waals surface area contributed by atoms with Gasteiger partial charge in [0, 0.05) is 25.3 Å². The van der Waals surface area contributed by atoms with Gasteiger partial charge in [-0.25, -0.2) is 0 Å². The molecule has 0 amide bonds. The van der Waals surface area contributed by atoms with Gasteiger partial charge in [-0.3, -0.25) is 0 Å². The topological polar surface area (TPSA) is 44.5 Å². The summed E-state index contributed by atoms with van der Waals surface area (Å²) >= 11 is 0. The molecule has 3 nitrogen and oxygen atoms in total. The first-order chi connectivity index (χ1) is 8.29. The van der Waals surface area contributed by atoms with Crippen LogP contribution in [-0.4, -0.2) is 19.8 Å². The zero-order valence-corrected chi connectivity index (χ0v) is 10.4. The Balaban J connectivity index is 1.93. The Morgan fingerprint density at radius 1 is 1.35 bits per heavy atom. The van der Waals surface area contributed by atoms with Crippen LogP contribution in [0.5, 0.6) is 5.75 Å². The Labute approximate surface area is 103 Å². The van der Waals surface area contributed by atoms with E-state index in [0.717, 1.165) is 44.0 Å². The summed E-state index contributed by atoms with van der Waals surface area (Å²) in [6, 6.07) is 6.19. The molecule has 1 saturated heterocycles. The van der Waals surface area contributed by atoms with E-state index in [-0.39, 0.29) is 0 Å². The fourth-order valence-corrected chi connectivity index (χ4v) is 2.13. The SMILES string of the molecule is Cc1ccc(OCC2CCOCC2)c(CN)c1. The molecule has 0 unspecified atom stereocenters.